The number of nitrogens with one attached hydrogen (secondary N) is 1. The molecule has 0 unspecified atom stereocenters. The lowest BCUT2D eigenvalue weighted by Gasteiger charge is -2.05. The highest BCUT2D eigenvalue weighted by Gasteiger charge is 2.16. The van der Waals surface area contributed by atoms with Crippen molar-refractivity contribution in [1.29, 1.82) is 0 Å². The molecule has 0 radical (unpaired) electrons. The van der Waals surface area contributed by atoms with E-state index in [2.05, 4.69) is 9.46 Å². The standard InChI is InChI=1S/C9H10ClNO4S/c1-11-16(13,14)8-4-6(9(12)15-2)3-7(10)5-8/h3-5,11H,1-2H3. The van der Waals surface area contributed by atoms with Gasteiger partial charge in [-0.3, -0.25) is 0 Å². The van der Waals surface area contributed by atoms with Gasteiger partial charge in [0.05, 0.1) is 17.6 Å². The average molecular weight is 264 g/mol. The van der Waals surface area contributed by atoms with Gasteiger partial charge < -0.3 is 4.74 Å². The van der Waals surface area contributed by atoms with Crippen molar-refractivity contribution < 1.29 is 17.9 Å². The molecule has 0 saturated carbocycles. The van der Waals surface area contributed by atoms with Gasteiger partial charge >= 0.3 is 5.97 Å². The van der Waals surface area contributed by atoms with E-state index in [1.807, 2.05) is 0 Å². The molecule has 0 saturated heterocycles. The van der Waals surface area contributed by atoms with E-state index in [1.165, 1.54) is 32.4 Å². The van der Waals surface area contributed by atoms with E-state index in [4.69, 9.17) is 11.6 Å². The minimum Gasteiger partial charge on any atom is -0.465 e. The Bertz CT molecular complexity index is 512. The average Bonchev–Trinajstić information content (AvgIpc) is 2.27. The Kier molecular flexibility index (Phi) is 3.90. The molecule has 0 amide bonds. The lowest BCUT2D eigenvalue weighted by molar-refractivity contribution is 0.0600. The summed E-state index contributed by atoms with van der Waals surface area (Å²) in [6.45, 7) is 0. The molecule has 0 aliphatic rings. The van der Waals surface area contributed by atoms with Crippen LogP contribution in [0.15, 0.2) is 23.1 Å². The molecule has 88 valence electrons. The topological polar surface area (TPSA) is 72.5 Å². The molecule has 0 bridgehead atoms. The molecule has 0 heterocycles. The van der Waals surface area contributed by atoms with Crippen molar-refractivity contribution in [2.75, 3.05) is 14.2 Å². The van der Waals surface area contributed by atoms with Gasteiger partial charge in [0.1, 0.15) is 0 Å². The van der Waals surface area contributed by atoms with Crippen LogP contribution in [0.5, 0.6) is 0 Å². The first-order chi connectivity index (χ1) is 7.40. The lowest BCUT2D eigenvalue weighted by atomic mass is 10.2. The number of carbonyl (C=O) groups excluding carboxylic acids is 1. The van der Waals surface area contributed by atoms with Crippen LogP contribution >= 0.6 is 11.6 Å². The van der Waals surface area contributed by atoms with Gasteiger partial charge in [-0.2, -0.15) is 0 Å². The van der Waals surface area contributed by atoms with Gasteiger partial charge in [0.15, 0.2) is 0 Å². The Labute approximate surface area is 98.4 Å². The highest BCUT2D eigenvalue weighted by Crippen LogP contribution is 2.19. The molecule has 0 fully saturated rings. The molecule has 1 aromatic carbocycles. The molecule has 1 rings (SSSR count). The van der Waals surface area contributed by atoms with Gasteiger partial charge in [-0.1, -0.05) is 11.6 Å². The number of sulfonamides is 1. The van der Waals surface area contributed by atoms with Gasteiger partial charge in [-0.05, 0) is 25.2 Å². The number of carbonyl (C=O) groups is 1. The molecule has 1 N–H and O–H groups in total. The molecular formula is C9H10ClNO4S. The predicted octanol–water partition coefficient (Wildman–Crippen LogP) is 1.03. The van der Waals surface area contributed by atoms with Crippen LogP contribution in [0.1, 0.15) is 10.4 Å². The fourth-order valence-electron chi connectivity index (χ4n) is 1.07. The Balaban J connectivity index is 3.34. The summed E-state index contributed by atoms with van der Waals surface area (Å²) < 4.78 is 29.6. The summed E-state index contributed by atoms with van der Waals surface area (Å²) in [5.74, 6) is -0.643. The molecule has 0 aromatic heterocycles. The highest BCUT2D eigenvalue weighted by molar-refractivity contribution is 7.89. The van der Waals surface area contributed by atoms with E-state index >= 15 is 0 Å². The highest BCUT2D eigenvalue weighted by atomic mass is 35.5. The SMILES string of the molecule is CNS(=O)(=O)c1cc(Cl)cc(C(=O)OC)c1. The number of rotatable bonds is 3. The lowest BCUT2D eigenvalue weighted by Crippen LogP contribution is -2.19. The van der Waals surface area contributed by atoms with E-state index in [0.29, 0.717) is 0 Å². The van der Waals surface area contributed by atoms with Crippen LogP contribution in [0.4, 0.5) is 0 Å². The van der Waals surface area contributed by atoms with Crippen molar-refractivity contribution in [3.63, 3.8) is 0 Å². The molecule has 1 aromatic rings. The Morgan fingerprint density at radius 1 is 1.38 bits per heavy atom. The van der Waals surface area contributed by atoms with Crippen molar-refractivity contribution in [3.05, 3.63) is 28.8 Å². The van der Waals surface area contributed by atoms with E-state index in [9.17, 15) is 13.2 Å². The van der Waals surface area contributed by atoms with Crippen molar-refractivity contribution in [2.45, 2.75) is 4.90 Å². The zero-order valence-electron chi connectivity index (χ0n) is 8.65. The normalized spacial score (nSPS) is 11.2. The van der Waals surface area contributed by atoms with Crippen molar-refractivity contribution in [2.24, 2.45) is 0 Å². The quantitative estimate of drug-likeness (QED) is 0.827. The maximum Gasteiger partial charge on any atom is 0.337 e. The van der Waals surface area contributed by atoms with Crippen LogP contribution < -0.4 is 4.72 Å². The zero-order chi connectivity index (χ0) is 12.3. The summed E-state index contributed by atoms with van der Waals surface area (Å²) in [6, 6.07) is 3.78. The number of methoxy groups -OCH3 is 1. The van der Waals surface area contributed by atoms with Crippen LogP contribution in [0.25, 0.3) is 0 Å². The Morgan fingerprint density at radius 2 is 2.00 bits per heavy atom. The minimum absolute atomic E-state index is 0.0806. The number of hydrogen-bond donors (Lipinski definition) is 1. The number of hydrogen-bond acceptors (Lipinski definition) is 4. The van der Waals surface area contributed by atoms with Gasteiger partial charge in [-0.15, -0.1) is 0 Å². The Morgan fingerprint density at radius 3 is 2.50 bits per heavy atom. The van der Waals surface area contributed by atoms with Crippen molar-refractivity contribution >= 4 is 27.6 Å². The molecule has 16 heavy (non-hydrogen) atoms. The molecule has 7 heteroatoms. The molecule has 0 aliphatic carbocycles. The maximum atomic E-state index is 11.5. The first-order valence-corrected chi connectivity index (χ1v) is 6.09. The van der Waals surface area contributed by atoms with E-state index in [-0.39, 0.29) is 15.5 Å². The summed E-state index contributed by atoms with van der Waals surface area (Å²) >= 11 is 5.71. The summed E-state index contributed by atoms with van der Waals surface area (Å²) in [6.07, 6.45) is 0. The molecule has 0 spiro atoms. The third-order valence-corrected chi connectivity index (χ3v) is 3.48. The smallest absolute Gasteiger partial charge is 0.337 e. The third-order valence-electron chi connectivity index (χ3n) is 1.87. The van der Waals surface area contributed by atoms with Crippen LogP contribution in [0.3, 0.4) is 0 Å². The minimum atomic E-state index is -3.63. The second-order valence-corrected chi connectivity index (χ2v) is 5.20. The van der Waals surface area contributed by atoms with Crippen molar-refractivity contribution in [1.82, 2.24) is 4.72 Å². The molecule has 0 atom stereocenters. The summed E-state index contributed by atoms with van der Waals surface area (Å²) in [5, 5.41) is 0.150. The summed E-state index contributed by atoms with van der Waals surface area (Å²) in [4.78, 5) is 11.2. The molecule has 5 nitrogen and oxygen atoms in total. The number of esters is 1. The zero-order valence-corrected chi connectivity index (χ0v) is 10.2. The largest absolute Gasteiger partial charge is 0.465 e. The van der Waals surface area contributed by atoms with Crippen LogP contribution in [0.2, 0.25) is 5.02 Å². The predicted molar refractivity (Wildman–Crippen MR) is 59.0 cm³/mol. The summed E-state index contributed by atoms with van der Waals surface area (Å²) in [5.41, 5.74) is 0.0869. The maximum absolute atomic E-state index is 11.5. The second-order valence-electron chi connectivity index (χ2n) is 2.87. The van der Waals surface area contributed by atoms with Gasteiger partial charge in [0, 0.05) is 5.02 Å². The first kappa shape index (κ1) is 13.0. The third kappa shape index (κ3) is 2.72. The Hall–Kier alpha value is -1.11. The number of benzene rings is 1. The number of ether oxygens (including phenoxy) is 1. The molecular weight excluding hydrogens is 254 g/mol. The second kappa shape index (κ2) is 4.82. The van der Waals surface area contributed by atoms with E-state index in [1.54, 1.807) is 0 Å². The van der Waals surface area contributed by atoms with Gasteiger partial charge in [0.25, 0.3) is 0 Å². The summed E-state index contributed by atoms with van der Waals surface area (Å²) in [7, 11) is -1.15. The van der Waals surface area contributed by atoms with Crippen LogP contribution in [-0.4, -0.2) is 28.5 Å². The fraction of sp³-hybridized carbons (Fsp3) is 0.222. The fourth-order valence-corrected chi connectivity index (χ4v) is 2.17. The number of halogens is 1. The monoisotopic (exact) mass is 263 g/mol. The van der Waals surface area contributed by atoms with Crippen LogP contribution in [0, 0.1) is 0 Å². The van der Waals surface area contributed by atoms with E-state index in [0.717, 1.165) is 0 Å². The van der Waals surface area contributed by atoms with Crippen molar-refractivity contribution in [3.8, 4) is 0 Å². The van der Waals surface area contributed by atoms with Gasteiger partial charge in [0.2, 0.25) is 10.0 Å². The van der Waals surface area contributed by atoms with E-state index < -0.39 is 16.0 Å². The van der Waals surface area contributed by atoms with Crippen LogP contribution in [-0.2, 0) is 14.8 Å². The van der Waals surface area contributed by atoms with Gasteiger partial charge in [-0.25, -0.2) is 17.9 Å². The molecule has 0 aliphatic heterocycles. The first-order valence-electron chi connectivity index (χ1n) is 4.23.